The highest BCUT2D eigenvalue weighted by Gasteiger charge is 2.15. The Kier molecular flexibility index (Phi) is 4.12. The number of rotatable bonds is 5. The molecule has 0 unspecified atom stereocenters. The number of aryl methyl sites for hydroxylation is 1. The molecule has 4 rings (SSSR count). The Morgan fingerprint density at radius 1 is 0.960 bits per heavy atom. The molecule has 0 radical (unpaired) electrons. The maximum atomic E-state index is 12.0. The van der Waals surface area contributed by atoms with Gasteiger partial charge in [0, 0.05) is 18.1 Å². The average molecular weight is 336 g/mol. The number of fused-ring (bicyclic) bond motifs is 1. The van der Waals surface area contributed by atoms with Gasteiger partial charge in [-0.3, -0.25) is 4.79 Å². The van der Waals surface area contributed by atoms with Crippen molar-refractivity contribution in [3.05, 3.63) is 66.4 Å². The first-order chi connectivity index (χ1) is 12.3. The minimum absolute atomic E-state index is 0.189. The average Bonchev–Trinajstić information content (AvgIpc) is 3.30. The lowest BCUT2D eigenvalue weighted by molar-refractivity contribution is -0.134. The summed E-state index contributed by atoms with van der Waals surface area (Å²) < 4.78 is 21.6. The van der Waals surface area contributed by atoms with Gasteiger partial charge in [-0.25, -0.2) is 0 Å². The smallest absolute Gasteiger partial charge is 0.311 e. The standard InChI is InChI=1S/C20H16O5/c21-20(25-16-7-10-18-19(12-16)23-13-22-18)11-8-15-6-9-17(24-15)14-4-2-1-3-5-14/h1-7,9-10,12H,8,11,13H2. The van der Waals surface area contributed by atoms with Crippen molar-refractivity contribution in [3.63, 3.8) is 0 Å². The summed E-state index contributed by atoms with van der Waals surface area (Å²) in [4.78, 5) is 12.0. The fourth-order valence-corrected chi connectivity index (χ4v) is 2.62. The summed E-state index contributed by atoms with van der Waals surface area (Å²) in [7, 11) is 0. The number of esters is 1. The molecule has 5 nitrogen and oxygen atoms in total. The van der Waals surface area contributed by atoms with Crippen molar-refractivity contribution in [2.24, 2.45) is 0 Å². The second kappa shape index (κ2) is 6.73. The molecule has 0 saturated carbocycles. The predicted octanol–water partition coefficient (Wildman–Crippen LogP) is 4.21. The van der Waals surface area contributed by atoms with E-state index in [4.69, 9.17) is 18.6 Å². The van der Waals surface area contributed by atoms with Crippen LogP contribution in [-0.4, -0.2) is 12.8 Å². The Morgan fingerprint density at radius 3 is 2.68 bits per heavy atom. The van der Waals surface area contributed by atoms with E-state index in [1.165, 1.54) is 0 Å². The number of furan rings is 1. The van der Waals surface area contributed by atoms with E-state index < -0.39 is 0 Å². The van der Waals surface area contributed by atoms with E-state index in [0.717, 1.165) is 17.1 Å². The molecule has 126 valence electrons. The SMILES string of the molecule is O=C(CCc1ccc(-c2ccccc2)o1)Oc1ccc2c(c1)OCO2. The second-order valence-electron chi connectivity index (χ2n) is 5.62. The van der Waals surface area contributed by atoms with Crippen molar-refractivity contribution in [2.75, 3.05) is 6.79 Å². The van der Waals surface area contributed by atoms with Crippen molar-refractivity contribution >= 4 is 5.97 Å². The molecule has 2 aromatic carbocycles. The van der Waals surface area contributed by atoms with Gasteiger partial charge in [0.15, 0.2) is 11.5 Å². The summed E-state index contributed by atoms with van der Waals surface area (Å²) in [5.41, 5.74) is 1.01. The summed E-state index contributed by atoms with van der Waals surface area (Å²) in [6, 6.07) is 18.7. The van der Waals surface area contributed by atoms with Gasteiger partial charge in [0.05, 0.1) is 6.42 Å². The molecule has 2 heterocycles. The van der Waals surface area contributed by atoms with E-state index in [1.54, 1.807) is 18.2 Å². The van der Waals surface area contributed by atoms with E-state index in [1.807, 2.05) is 42.5 Å². The Balaban J connectivity index is 1.34. The van der Waals surface area contributed by atoms with Crippen molar-refractivity contribution in [3.8, 4) is 28.6 Å². The number of carbonyl (C=O) groups excluding carboxylic acids is 1. The number of benzene rings is 2. The maximum absolute atomic E-state index is 12.0. The molecule has 0 amide bonds. The highest BCUT2D eigenvalue weighted by Crippen LogP contribution is 2.35. The molecular formula is C20H16O5. The van der Waals surface area contributed by atoms with Crippen LogP contribution in [-0.2, 0) is 11.2 Å². The number of hydrogen-bond acceptors (Lipinski definition) is 5. The van der Waals surface area contributed by atoms with Gasteiger partial charge in [0.2, 0.25) is 6.79 Å². The molecular weight excluding hydrogens is 320 g/mol. The first-order valence-corrected chi connectivity index (χ1v) is 8.02. The molecule has 3 aromatic rings. The molecule has 1 aliphatic heterocycles. The lowest BCUT2D eigenvalue weighted by atomic mass is 10.2. The third kappa shape index (κ3) is 3.50. The van der Waals surface area contributed by atoms with Crippen LogP contribution in [0.5, 0.6) is 17.2 Å². The van der Waals surface area contributed by atoms with Crippen molar-refractivity contribution in [1.29, 1.82) is 0 Å². The van der Waals surface area contributed by atoms with Crippen LogP contribution >= 0.6 is 0 Å². The second-order valence-corrected chi connectivity index (χ2v) is 5.62. The van der Waals surface area contributed by atoms with Crippen LogP contribution in [0.15, 0.2) is 65.1 Å². The molecule has 1 aliphatic rings. The van der Waals surface area contributed by atoms with Gasteiger partial charge in [-0.1, -0.05) is 30.3 Å². The summed E-state index contributed by atoms with van der Waals surface area (Å²) >= 11 is 0. The summed E-state index contributed by atoms with van der Waals surface area (Å²) in [5, 5.41) is 0. The zero-order valence-corrected chi connectivity index (χ0v) is 13.4. The van der Waals surface area contributed by atoms with E-state index >= 15 is 0 Å². The van der Waals surface area contributed by atoms with Crippen LogP contribution in [0, 0.1) is 0 Å². The minimum Gasteiger partial charge on any atom is -0.461 e. The van der Waals surface area contributed by atoms with Crippen LogP contribution in [0.1, 0.15) is 12.2 Å². The molecule has 0 aliphatic carbocycles. The zero-order valence-electron chi connectivity index (χ0n) is 13.4. The van der Waals surface area contributed by atoms with Gasteiger partial charge in [-0.15, -0.1) is 0 Å². The van der Waals surface area contributed by atoms with Crippen LogP contribution in [0.3, 0.4) is 0 Å². The first kappa shape index (κ1) is 15.3. The monoisotopic (exact) mass is 336 g/mol. The Hall–Kier alpha value is -3.21. The van der Waals surface area contributed by atoms with Crippen molar-refractivity contribution in [2.45, 2.75) is 12.8 Å². The third-order valence-corrected chi connectivity index (χ3v) is 3.87. The molecule has 1 aromatic heterocycles. The quantitative estimate of drug-likeness (QED) is 0.516. The topological polar surface area (TPSA) is 57.9 Å². The Morgan fingerprint density at radius 2 is 1.80 bits per heavy atom. The van der Waals surface area contributed by atoms with Crippen LogP contribution in [0.4, 0.5) is 0 Å². The highest BCUT2D eigenvalue weighted by atomic mass is 16.7. The zero-order chi connectivity index (χ0) is 17.1. The number of carbonyl (C=O) groups is 1. The number of hydrogen-bond donors (Lipinski definition) is 0. The van der Waals surface area contributed by atoms with Gasteiger partial charge in [0.1, 0.15) is 17.3 Å². The van der Waals surface area contributed by atoms with Gasteiger partial charge in [-0.05, 0) is 24.3 Å². The van der Waals surface area contributed by atoms with Crippen LogP contribution < -0.4 is 14.2 Å². The van der Waals surface area contributed by atoms with Crippen LogP contribution in [0.25, 0.3) is 11.3 Å². The van der Waals surface area contributed by atoms with E-state index in [-0.39, 0.29) is 19.2 Å². The summed E-state index contributed by atoms with van der Waals surface area (Å²) in [6.45, 7) is 0.189. The van der Waals surface area contributed by atoms with E-state index in [0.29, 0.717) is 23.7 Å². The Bertz CT molecular complexity index is 882. The van der Waals surface area contributed by atoms with E-state index in [9.17, 15) is 4.79 Å². The summed E-state index contributed by atoms with van der Waals surface area (Å²) in [6.07, 6.45) is 0.715. The van der Waals surface area contributed by atoms with Gasteiger partial charge in [0.25, 0.3) is 0 Å². The fraction of sp³-hybridized carbons (Fsp3) is 0.150. The normalized spacial score (nSPS) is 12.2. The lowest BCUT2D eigenvalue weighted by Crippen LogP contribution is -2.08. The molecule has 0 fully saturated rings. The molecule has 0 N–H and O–H groups in total. The van der Waals surface area contributed by atoms with Crippen molar-refractivity contribution in [1.82, 2.24) is 0 Å². The first-order valence-electron chi connectivity index (χ1n) is 8.02. The van der Waals surface area contributed by atoms with Gasteiger partial charge in [-0.2, -0.15) is 0 Å². The van der Waals surface area contributed by atoms with Crippen molar-refractivity contribution < 1.29 is 23.4 Å². The Labute approximate surface area is 144 Å². The molecule has 0 bridgehead atoms. The summed E-state index contributed by atoms with van der Waals surface area (Å²) in [5.74, 6) is 2.91. The lowest BCUT2D eigenvalue weighted by Gasteiger charge is -2.04. The molecule has 0 atom stereocenters. The minimum atomic E-state index is -0.323. The molecule has 0 saturated heterocycles. The number of ether oxygens (including phenoxy) is 3. The predicted molar refractivity (Wildman–Crippen MR) is 90.7 cm³/mol. The highest BCUT2D eigenvalue weighted by molar-refractivity contribution is 5.73. The molecule has 25 heavy (non-hydrogen) atoms. The third-order valence-electron chi connectivity index (χ3n) is 3.87. The fourth-order valence-electron chi connectivity index (χ4n) is 2.62. The molecule has 0 spiro atoms. The van der Waals surface area contributed by atoms with E-state index in [2.05, 4.69) is 0 Å². The van der Waals surface area contributed by atoms with Gasteiger partial charge < -0.3 is 18.6 Å². The molecule has 5 heteroatoms. The van der Waals surface area contributed by atoms with Crippen LogP contribution in [0.2, 0.25) is 0 Å². The van der Waals surface area contributed by atoms with Gasteiger partial charge >= 0.3 is 5.97 Å². The largest absolute Gasteiger partial charge is 0.461 e. The maximum Gasteiger partial charge on any atom is 0.311 e.